The quantitative estimate of drug-likeness (QED) is 0.528. The molecule has 0 aromatic carbocycles. The van der Waals surface area contributed by atoms with Crippen LogP contribution in [0.25, 0.3) is 0 Å². The number of carboxylic acids is 1. The lowest BCUT2D eigenvalue weighted by atomic mass is 10.3. The van der Waals surface area contributed by atoms with E-state index in [4.69, 9.17) is 10.2 Å². The van der Waals surface area contributed by atoms with Crippen molar-refractivity contribution in [2.75, 3.05) is 0 Å². The van der Waals surface area contributed by atoms with Crippen molar-refractivity contribution in [1.82, 2.24) is 0 Å². The van der Waals surface area contributed by atoms with Crippen LogP contribution >= 0.6 is 22.6 Å². The fraction of sp³-hybridized carbons (Fsp3) is 0.750. The first-order valence-corrected chi connectivity index (χ1v) is 3.35. The summed E-state index contributed by atoms with van der Waals surface area (Å²) in [5, 5.41) is 16.8. The predicted octanol–water partition coefficient (Wildman–Crippen LogP) is 0.255. The van der Waals surface area contributed by atoms with E-state index >= 15 is 0 Å². The third kappa shape index (κ3) is 2.46. The molecule has 48 valence electrons. The maximum absolute atomic E-state index is 9.97. The Morgan fingerprint density at radius 3 is 2.12 bits per heavy atom. The molecule has 2 atom stereocenters. The summed E-state index contributed by atoms with van der Waals surface area (Å²) in [6.07, 6.45) is -0.770. The van der Waals surface area contributed by atoms with Gasteiger partial charge in [-0.15, -0.1) is 0 Å². The SMILES string of the molecule is C[C@@H](O)[C@H](I)C(=O)O. The highest BCUT2D eigenvalue weighted by atomic mass is 127. The van der Waals surface area contributed by atoms with Crippen LogP contribution in [0.2, 0.25) is 0 Å². The second-order valence-electron chi connectivity index (χ2n) is 1.48. The Morgan fingerprint density at radius 1 is 1.75 bits per heavy atom. The lowest BCUT2D eigenvalue weighted by Crippen LogP contribution is -2.24. The van der Waals surface area contributed by atoms with Gasteiger partial charge in [-0.3, -0.25) is 4.79 Å². The van der Waals surface area contributed by atoms with Crippen molar-refractivity contribution in [3.63, 3.8) is 0 Å². The molecule has 8 heavy (non-hydrogen) atoms. The van der Waals surface area contributed by atoms with E-state index in [-0.39, 0.29) is 0 Å². The van der Waals surface area contributed by atoms with Crippen LogP contribution in [0.4, 0.5) is 0 Å². The molecule has 0 heterocycles. The number of aliphatic hydroxyl groups is 1. The van der Waals surface area contributed by atoms with E-state index in [1.165, 1.54) is 6.92 Å². The number of hydrogen-bond donors (Lipinski definition) is 2. The van der Waals surface area contributed by atoms with E-state index in [1.807, 2.05) is 0 Å². The van der Waals surface area contributed by atoms with Gasteiger partial charge in [-0.2, -0.15) is 0 Å². The smallest absolute Gasteiger partial charge is 0.319 e. The van der Waals surface area contributed by atoms with Crippen molar-refractivity contribution >= 4 is 28.6 Å². The van der Waals surface area contributed by atoms with Gasteiger partial charge in [-0.05, 0) is 6.92 Å². The summed E-state index contributed by atoms with van der Waals surface area (Å²) >= 11 is 1.67. The van der Waals surface area contributed by atoms with Crippen molar-refractivity contribution < 1.29 is 15.0 Å². The van der Waals surface area contributed by atoms with Gasteiger partial charge >= 0.3 is 5.97 Å². The Bertz CT molecular complexity index is 91.3. The molecule has 0 aliphatic carbocycles. The summed E-state index contributed by atoms with van der Waals surface area (Å²) < 4.78 is -0.687. The third-order valence-corrected chi connectivity index (χ3v) is 2.23. The Labute approximate surface area is 60.8 Å². The molecule has 0 rings (SSSR count). The molecular weight excluding hydrogens is 223 g/mol. The van der Waals surface area contributed by atoms with Crippen molar-refractivity contribution in [2.24, 2.45) is 0 Å². The largest absolute Gasteiger partial charge is 0.480 e. The molecule has 2 N–H and O–H groups in total. The Morgan fingerprint density at radius 2 is 2.12 bits per heavy atom. The maximum Gasteiger partial charge on any atom is 0.319 e. The normalized spacial score (nSPS) is 17.4. The van der Waals surface area contributed by atoms with E-state index in [9.17, 15) is 4.79 Å². The minimum Gasteiger partial charge on any atom is -0.480 e. The van der Waals surface area contributed by atoms with Crippen LogP contribution in [-0.4, -0.2) is 26.2 Å². The molecule has 3 nitrogen and oxygen atoms in total. The number of aliphatic carboxylic acids is 1. The molecule has 0 aromatic heterocycles. The molecule has 0 amide bonds. The van der Waals surface area contributed by atoms with E-state index < -0.39 is 16.0 Å². The summed E-state index contributed by atoms with van der Waals surface area (Å²) in [6, 6.07) is 0. The van der Waals surface area contributed by atoms with E-state index in [0.717, 1.165) is 0 Å². The molecule has 0 bridgehead atoms. The Balaban J connectivity index is 3.64. The molecule has 0 aliphatic rings. The first-order valence-electron chi connectivity index (χ1n) is 2.10. The molecule has 0 spiro atoms. The zero-order chi connectivity index (χ0) is 6.73. The van der Waals surface area contributed by atoms with Crippen molar-refractivity contribution in [3.05, 3.63) is 0 Å². The summed E-state index contributed by atoms with van der Waals surface area (Å²) in [7, 11) is 0. The second kappa shape index (κ2) is 3.24. The van der Waals surface area contributed by atoms with Gasteiger partial charge in [-0.1, -0.05) is 22.6 Å². The third-order valence-electron chi connectivity index (χ3n) is 0.659. The number of aliphatic hydroxyl groups excluding tert-OH is 1. The number of carbonyl (C=O) groups is 1. The number of rotatable bonds is 2. The standard InChI is InChI=1S/C4H7IO3/c1-2(6)3(5)4(7)8/h2-3,6H,1H3,(H,7,8)/t2-,3+/m1/s1. The monoisotopic (exact) mass is 230 g/mol. The molecule has 4 heteroatoms. The van der Waals surface area contributed by atoms with E-state index in [0.29, 0.717) is 0 Å². The van der Waals surface area contributed by atoms with Crippen LogP contribution in [0.15, 0.2) is 0 Å². The van der Waals surface area contributed by atoms with E-state index in [2.05, 4.69) is 0 Å². The lowest BCUT2D eigenvalue weighted by molar-refractivity contribution is -0.137. The van der Waals surface area contributed by atoms with Gasteiger partial charge in [0.1, 0.15) is 3.92 Å². The second-order valence-corrected chi connectivity index (χ2v) is 2.82. The average molecular weight is 230 g/mol. The predicted molar refractivity (Wildman–Crippen MR) is 37.1 cm³/mol. The molecule has 0 saturated heterocycles. The molecule has 0 saturated carbocycles. The molecule has 0 unspecified atom stereocenters. The Hall–Kier alpha value is 0.160. The fourth-order valence-electron chi connectivity index (χ4n) is 0.206. The molecule has 0 fully saturated rings. The van der Waals surface area contributed by atoms with Crippen LogP contribution in [0.1, 0.15) is 6.92 Å². The Kier molecular flexibility index (Phi) is 3.30. The zero-order valence-corrected chi connectivity index (χ0v) is 6.49. The van der Waals surface area contributed by atoms with Crippen LogP contribution in [0, 0.1) is 0 Å². The highest BCUT2D eigenvalue weighted by molar-refractivity contribution is 14.1. The van der Waals surface area contributed by atoms with Gasteiger partial charge in [0.25, 0.3) is 0 Å². The van der Waals surface area contributed by atoms with Crippen molar-refractivity contribution in [1.29, 1.82) is 0 Å². The molecule has 0 aliphatic heterocycles. The minimum absolute atomic E-state index is 0.687. The van der Waals surface area contributed by atoms with Gasteiger partial charge in [0, 0.05) is 0 Å². The van der Waals surface area contributed by atoms with Crippen LogP contribution < -0.4 is 0 Å². The topological polar surface area (TPSA) is 57.5 Å². The first-order chi connectivity index (χ1) is 3.55. The van der Waals surface area contributed by atoms with Crippen LogP contribution in [0.3, 0.4) is 0 Å². The number of halogens is 1. The van der Waals surface area contributed by atoms with Gasteiger partial charge in [-0.25, -0.2) is 0 Å². The minimum atomic E-state index is -0.972. The molecule has 0 radical (unpaired) electrons. The fourth-order valence-corrected chi connectivity index (χ4v) is 0.206. The van der Waals surface area contributed by atoms with Gasteiger partial charge in [0.2, 0.25) is 0 Å². The van der Waals surface area contributed by atoms with Crippen molar-refractivity contribution in [3.8, 4) is 0 Å². The lowest BCUT2D eigenvalue weighted by Gasteiger charge is -2.04. The van der Waals surface area contributed by atoms with Gasteiger partial charge in [0.05, 0.1) is 6.10 Å². The maximum atomic E-state index is 9.97. The summed E-state index contributed by atoms with van der Waals surface area (Å²) in [6.45, 7) is 1.45. The highest BCUT2D eigenvalue weighted by Crippen LogP contribution is 2.04. The number of alkyl halides is 1. The van der Waals surface area contributed by atoms with Crippen LogP contribution in [0.5, 0.6) is 0 Å². The zero-order valence-electron chi connectivity index (χ0n) is 4.34. The summed E-state index contributed by atoms with van der Waals surface area (Å²) in [5.41, 5.74) is 0. The summed E-state index contributed by atoms with van der Waals surface area (Å²) in [5.74, 6) is -0.972. The average Bonchev–Trinajstić information content (AvgIpc) is 1.64. The highest BCUT2D eigenvalue weighted by Gasteiger charge is 2.17. The molecular formula is C4H7IO3. The van der Waals surface area contributed by atoms with E-state index in [1.54, 1.807) is 22.6 Å². The van der Waals surface area contributed by atoms with Crippen LogP contribution in [-0.2, 0) is 4.79 Å². The van der Waals surface area contributed by atoms with Gasteiger partial charge in [0.15, 0.2) is 0 Å². The summed E-state index contributed by atoms with van der Waals surface area (Å²) in [4.78, 5) is 9.97. The van der Waals surface area contributed by atoms with Gasteiger partial charge < -0.3 is 10.2 Å². The van der Waals surface area contributed by atoms with Crippen molar-refractivity contribution in [2.45, 2.75) is 17.0 Å². The number of carboxylic acid groups (broad SMARTS) is 1. The first kappa shape index (κ1) is 8.16. The number of hydrogen-bond acceptors (Lipinski definition) is 2. The molecule has 0 aromatic rings.